The molecule has 0 amide bonds. The summed E-state index contributed by atoms with van der Waals surface area (Å²) in [6.45, 7) is 2.07. The van der Waals surface area contributed by atoms with Crippen molar-refractivity contribution < 1.29 is 4.42 Å². The highest BCUT2D eigenvalue weighted by atomic mass is 79.9. The fourth-order valence-electron chi connectivity index (χ4n) is 1.61. The number of hydrogen-bond acceptors (Lipinski definition) is 4. The van der Waals surface area contributed by atoms with E-state index < -0.39 is 0 Å². The monoisotopic (exact) mass is 321 g/mol. The van der Waals surface area contributed by atoms with E-state index in [1.165, 1.54) is 4.68 Å². The Kier molecular flexibility index (Phi) is 4.07. The predicted molar refractivity (Wildman–Crippen MR) is 75.8 cm³/mol. The molecule has 0 bridgehead atoms. The second-order valence-corrected chi connectivity index (χ2v) is 4.71. The lowest BCUT2D eigenvalue weighted by Crippen LogP contribution is -2.24. The first-order valence-electron chi connectivity index (χ1n) is 5.62. The van der Waals surface area contributed by atoms with Crippen LogP contribution in [0.25, 0.3) is 0 Å². The molecule has 2 aromatic rings. The minimum absolute atomic E-state index is 0.0732. The number of terminal acetylenes is 1. The molecular formula is C13H12BrN3O2. The van der Waals surface area contributed by atoms with Gasteiger partial charge in [0, 0.05) is 0 Å². The van der Waals surface area contributed by atoms with Crippen molar-refractivity contribution in [1.29, 1.82) is 0 Å². The zero-order valence-electron chi connectivity index (χ0n) is 10.3. The van der Waals surface area contributed by atoms with Gasteiger partial charge in [-0.15, -0.1) is 6.42 Å². The molecule has 1 N–H and O–H groups in total. The van der Waals surface area contributed by atoms with Crippen molar-refractivity contribution in [2.45, 2.75) is 19.5 Å². The Bertz CT molecular complexity index is 656. The van der Waals surface area contributed by atoms with Gasteiger partial charge in [0.25, 0.3) is 5.56 Å². The van der Waals surface area contributed by atoms with Gasteiger partial charge in [0.1, 0.15) is 16.8 Å². The van der Waals surface area contributed by atoms with Crippen molar-refractivity contribution >= 4 is 21.6 Å². The zero-order chi connectivity index (χ0) is 13.8. The van der Waals surface area contributed by atoms with E-state index in [2.05, 4.69) is 32.3 Å². The highest BCUT2D eigenvalue weighted by Crippen LogP contribution is 2.23. The lowest BCUT2D eigenvalue weighted by molar-refractivity contribution is 0.490. The van der Waals surface area contributed by atoms with Crippen LogP contribution in [0, 0.1) is 12.3 Å². The quantitative estimate of drug-likeness (QED) is 0.878. The van der Waals surface area contributed by atoms with Crippen molar-refractivity contribution in [1.82, 2.24) is 9.78 Å². The SMILES string of the molecule is C#CCn1ncc(NC(C)c2ccco2)c(Br)c1=O. The summed E-state index contributed by atoms with van der Waals surface area (Å²) < 4.78 is 6.91. The molecule has 1 unspecified atom stereocenters. The van der Waals surface area contributed by atoms with Crippen LogP contribution in [0.15, 0.2) is 38.3 Å². The Morgan fingerprint density at radius 2 is 2.47 bits per heavy atom. The molecule has 2 aromatic heterocycles. The average molecular weight is 322 g/mol. The van der Waals surface area contributed by atoms with Crippen LogP contribution < -0.4 is 10.9 Å². The van der Waals surface area contributed by atoms with Crippen molar-refractivity contribution in [2.24, 2.45) is 0 Å². The predicted octanol–water partition coefficient (Wildman–Crippen LogP) is 2.41. The van der Waals surface area contributed by atoms with E-state index in [1.54, 1.807) is 12.5 Å². The number of rotatable bonds is 4. The zero-order valence-corrected chi connectivity index (χ0v) is 11.8. The van der Waals surface area contributed by atoms with Crippen molar-refractivity contribution in [2.75, 3.05) is 5.32 Å². The van der Waals surface area contributed by atoms with E-state index in [0.717, 1.165) is 5.76 Å². The summed E-state index contributed by atoms with van der Waals surface area (Å²) in [6.07, 6.45) is 8.33. The second-order valence-electron chi connectivity index (χ2n) is 3.92. The molecule has 0 saturated carbocycles. The molecular weight excluding hydrogens is 310 g/mol. The Morgan fingerprint density at radius 3 is 3.11 bits per heavy atom. The van der Waals surface area contributed by atoms with Gasteiger partial charge in [-0.25, -0.2) is 4.68 Å². The van der Waals surface area contributed by atoms with Gasteiger partial charge in [0.15, 0.2) is 0 Å². The average Bonchev–Trinajstić information content (AvgIpc) is 2.92. The van der Waals surface area contributed by atoms with Gasteiger partial charge in [0.05, 0.1) is 24.2 Å². The summed E-state index contributed by atoms with van der Waals surface area (Å²) in [5.41, 5.74) is 0.330. The fourth-order valence-corrected chi connectivity index (χ4v) is 2.03. The molecule has 0 saturated heterocycles. The highest BCUT2D eigenvalue weighted by Gasteiger charge is 2.13. The van der Waals surface area contributed by atoms with Gasteiger partial charge >= 0.3 is 0 Å². The molecule has 6 heteroatoms. The van der Waals surface area contributed by atoms with Gasteiger partial charge in [-0.05, 0) is 35.0 Å². The smallest absolute Gasteiger partial charge is 0.284 e. The van der Waals surface area contributed by atoms with Gasteiger partial charge in [-0.3, -0.25) is 4.79 Å². The molecule has 0 radical (unpaired) electrons. The summed E-state index contributed by atoms with van der Waals surface area (Å²) in [4.78, 5) is 11.9. The van der Waals surface area contributed by atoms with E-state index in [0.29, 0.717) is 10.2 Å². The Balaban J connectivity index is 2.25. The first-order valence-corrected chi connectivity index (χ1v) is 6.41. The molecule has 0 aliphatic rings. The van der Waals surface area contributed by atoms with E-state index in [1.807, 2.05) is 19.1 Å². The third kappa shape index (κ3) is 2.88. The minimum Gasteiger partial charge on any atom is -0.467 e. The third-order valence-electron chi connectivity index (χ3n) is 2.57. The number of halogens is 1. The van der Waals surface area contributed by atoms with Crippen LogP contribution in [0.5, 0.6) is 0 Å². The summed E-state index contributed by atoms with van der Waals surface area (Å²) in [5, 5.41) is 7.16. The van der Waals surface area contributed by atoms with E-state index >= 15 is 0 Å². The van der Waals surface area contributed by atoms with Gasteiger partial charge in [0.2, 0.25) is 0 Å². The van der Waals surface area contributed by atoms with Crippen molar-refractivity contribution in [3.8, 4) is 12.3 Å². The van der Waals surface area contributed by atoms with Gasteiger partial charge < -0.3 is 9.73 Å². The normalized spacial score (nSPS) is 11.8. The minimum atomic E-state index is -0.269. The topological polar surface area (TPSA) is 60.1 Å². The first kappa shape index (κ1) is 13.4. The summed E-state index contributed by atoms with van der Waals surface area (Å²) in [7, 11) is 0. The molecule has 1 atom stereocenters. The van der Waals surface area contributed by atoms with Gasteiger partial charge in [-0.2, -0.15) is 5.10 Å². The number of nitrogens with zero attached hydrogens (tertiary/aromatic N) is 2. The van der Waals surface area contributed by atoms with Crippen LogP contribution in [0.2, 0.25) is 0 Å². The van der Waals surface area contributed by atoms with Crippen LogP contribution >= 0.6 is 15.9 Å². The summed E-state index contributed by atoms with van der Waals surface area (Å²) in [5.74, 6) is 3.16. The van der Waals surface area contributed by atoms with Crippen LogP contribution in [0.4, 0.5) is 5.69 Å². The van der Waals surface area contributed by atoms with Crippen LogP contribution in [-0.2, 0) is 6.54 Å². The maximum absolute atomic E-state index is 11.9. The molecule has 2 heterocycles. The molecule has 19 heavy (non-hydrogen) atoms. The molecule has 2 rings (SSSR count). The number of nitrogens with one attached hydrogen (secondary N) is 1. The second kappa shape index (κ2) is 5.76. The number of anilines is 1. The van der Waals surface area contributed by atoms with Crippen LogP contribution in [0.3, 0.4) is 0 Å². The largest absolute Gasteiger partial charge is 0.467 e. The Hall–Kier alpha value is -2.00. The van der Waals surface area contributed by atoms with Crippen molar-refractivity contribution in [3.63, 3.8) is 0 Å². The van der Waals surface area contributed by atoms with E-state index in [4.69, 9.17) is 10.8 Å². The number of aromatic nitrogens is 2. The first-order chi connectivity index (χ1) is 9.13. The highest BCUT2D eigenvalue weighted by molar-refractivity contribution is 9.10. The maximum Gasteiger partial charge on any atom is 0.284 e. The van der Waals surface area contributed by atoms with E-state index in [-0.39, 0.29) is 18.1 Å². The number of hydrogen-bond donors (Lipinski definition) is 1. The molecule has 0 fully saturated rings. The molecule has 0 aromatic carbocycles. The Labute approximate surface area is 118 Å². The standard InChI is InChI=1S/C13H12BrN3O2/c1-3-6-17-13(18)12(14)10(8-15-17)16-9(2)11-5-4-7-19-11/h1,4-5,7-9,16H,6H2,2H3. The number of furan rings is 1. The fraction of sp³-hybridized carbons (Fsp3) is 0.231. The van der Waals surface area contributed by atoms with E-state index in [9.17, 15) is 4.79 Å². The molecule has 5 nitrogen and oxygen atoms in total. The van der Waals surface area contributed by atoms with Crippen LogP contribution in [0.1, 0.15) is 18.7 Å². The summed E-state index contributed by atoms with van der Waals surface area (Å²) in [6, 6.07) is 3.60. The maximum atomic E-state index is 11.9. The molecule has 0 aliphatic heterocycles. The molecule has 98 valence electrons. The lowest BCUT2D eigenvalue weighted by atomic mass is 10.2. The van der Waals surface area contributed by atoms with Crippen LogP contribution in [-0.4, -0.2) is 9.78 Å². The Morgan fingerprint density at radius 1 is 1.68 bits per heavy atom. The lowest BCUT2D eigenvalue weighted by Gasteiger charge is -2.14. The molecule has 0 spiro atoms. The summed E-state index contributed by atoms with van der Waals surface area (Å²) >= 11 is 3.26. The van der Waals surface area contributed by atoms with Crippen molar-refractivity contribution in [3.05, 3.63) is 45.2 Å². The molecule has 0 aliphatic carbocycles. The van der Waals surface area contributed by atoms with Gasteiger partial charge in [-0.1, -0.05) is 5.92 Å². The third-order valence-corrected chi connectivity index (χ3v) is 3.33.